The molecule has 2 atom stereocenters. The van der Waals surface area contributed by atoms with Crippen molar-refractivity contribution >= 4 is 21.5 Å². The van der Waals surface area contributed by atoms with Crippen LogP contribution in [0, 0.1) is 0 Å². The molecule has 0 aromatic heterocycles. The van der Waals surface area contributed by atoms with E-state index in [0.717, 1.165) is 44.2 Å². The van der Waals surface area contributed by atoms with E-state index in [1.165, 1.54) is 0 Å². The largest absolute Gasteiger partial charge is 0.490 e. The van der Waals surface area contributed by atoms with Crippen LogP contribution < -0.4 is 9.47 Å². The van der Waals surface area contributed by atoms with Crippen molar-refractivity contribution in [3.8, 4) is 11.5 Å². The molecule has 0 aliphatic rings. The molecule has 182 valence electrons. The van der Waals surface area contributed by atoms with E-state index in [9.17, 15) is 10.2 Å². The Hall–Kier alpha value is -3.86. The molecule has 0 fully saturated rings. The predicted molar refractivity (Wildman–Crippen MR) is 145 cm³/mol. The second-order valence-corrected chi connectivity index (χ2v) is 9.06. The Balaban J connectivity index is 1.41. The van der Waals surface area contributed by atoms with Crippen molar-refractivity contribution in [1.82, 2.24) is 0 Å². The van der Waals surface area contributed by atoms with Crippen molar-refractivity contribution in [2.24, 2.45) is 0 Å². The third kappa shape index (κ3) is 5.51. The molecule has 0 spiro atoms. The number of fused-ring (bicyclic) bond motifs is 2. The molecule has 0 saturated heterocycles. The van der Waals surface area contributed by atoms with E-state index in [2.05, 4.69) is 0 Å². The highest BCUT2D eigenvalue weighted by Gasteiger charge is 2.18. The third-order valence-electron chi connectivity index (χ3n) is 6.30. The van der Waals surface area contributed by atoms with Gasteiger partial charge in [-0.2, -0.15) is 0 Å². The third-order valence-corrected chi connectivity index (χ3v) is 6.30. The second kappa shape index (κ2) is 11.3. The molecule has 0 heterocycles. The highest BCUT2D eigenvalue weighted by Crippen LogP contribution is 2.42. The molecule has 0 amide bonds. The molecule has 0 saturated carbocycles. The topological polar surface area (TPSA) is 58.9 Å². The van der Waals surface area contributed by atoms with Gasteiger partial charge in [0.15, 0.2) is 0 Å². The van der Waals surface area contributed by atoms with Crippen LogP contribution in [-0.4, -0.2) is 35.6 Å². The lowest BCUT2D eigenvalue weighted by molar-refractivity contribution is 0.108. The molecule has 36 heavy (non-hydrogen) atoms. The average molecular weight is 479 g/mol. The first-order valence-corrected chi connectivity index (χ1v) is 12.3. The number of ether oxygens (including phenoxy) is 2. The van der Waals surface area contributed by atoms with Crippen LogP contribution in [0.25, 0.3) is 21.5 Å². The van der Waals surface area contributed by atoms with Gasteiger partial charge in [0.1, 0.15) is 24.7 Å². The molecule has 0 aliphatic heterocycles. The Morgan fingerprint density at radius 3 is 1.08 bits per heavy atom. The molecule has 4 heteroatoms. The fourth-order valence-corrected chi connectivity index (χ4v) is 4.61. The van der Waals surface area contributed by atoms with E-state index in [1.807, 2.05) is 109 Å². The van der Waals surface area contributed by atoms with Gasteiger partial charge >= 0.3 is 0 Å². The maximum atomic E-state index is 10.7. The van der Waals surface area contributed by atoms with Crippen molar-refractivity contribution in [3.05, 3.63) is 120 Å². The summed E-state index contributed by atoms with van der Waals surface area (Å²) in [6, 6.07) is 35.8. The van der Waals surface area contributed by atoms with Gasteiger partial charge in [-0.3, -0.25) is 0 Å². The standard InChI is InChI=1S/C32H30O4/c33-25(19-23-11-3-1-4-12-23)21-35-31-27-15-7-9-17-29(27)32(30-18-10-8-16-28(30)31)36-22-26(34)20-24-13-5-2-6-14-24/h1-18,25-26,33-34H,19-22H2. The van der Waals surface area contributed by atoms with Crippen LogP contribution in [0.5, 0.6) is 11.5 Å². The van der Waals surface area contributed by atoms with Gasteiger partial charge in [-0.05, 0) is 11.1 Å². The number of rotatable bonds is 10. The number of aliphatic hydroxyl groups excluding tert-OH is 2. The van der Waals surface area contributed by atoms with Crippen LogP contribution in [0.4, 0.5) is 0 Å². The molecule has 4 nitrogen and oxygen atoms in total. The summed E-state index contributed by atoms with van der Waals surface area (Å²) in [4.78, 5) is 0. The minimum Gasteiger partial charge on any atom is -0.490 e. The fourth-order valence-electron chi connectivity index (χ4n) is 4.61. The maximum absolute atomic E-state index is 10.7. The zero-order valence-electron chi connectivity index (χ0n) is 20.1. The molecule has 2 N–H and O–H groups in total. The molecule has 5 rings (SSSR count). The number of benzene rings is 5. The molecule has 0 aliphatic carbocycles. The van der Waals surface area contributed by atoms with E-state index < -0.39 is 12.2 Å². The minimum absolute atomic E-state index is 0.179. The average Bonchev–Trinajstić information content (AvgIpc) is 2.91. The van der Waals surface area contributed by atoms with Crippen LogP contribution in [-0.2, 0) is 12.8 Å². The lowest BCUT2D eigenvalue weighted by atomic mass is 10.0. The lowest BCUT2D eigenvalue weighted by Gasteiger charge is -2.20. The molecule has 0 bridgehead atoms. The summed E-state index contributed by atoms with van der Waals surface area (Å²) in [6.07, 6.45) is -0.211. The summed E-state index contributed by atoms with van der Waals surface area (Å²) >= 11 is 0. The molecule has 5 aromatic rings. The van der Waals surface area contributed by atoms with Gasteiger partial charge in [0.05, 0.1) is 12.2 Å². The Morgan fingerprint density at radius 1 is 0.444 bits per heavy atom. The van der Waals surface area contributed by atoms with E-state index in [0.29, 0.717) is 12.8 Å². The molecular formula is C32H30O4. The van der Waals surface area contributed by atoms with Gasteiger partial charge in [-0.1, -0.05) is 109 Å². The van der Waals surface area contributed by atoms with Gasteiger partial charge in [-0.15, -0.1) is 0 Å². The van der Waals surface area contributed by atoms with E-state index in [4.69, 9.17) is 9.47 Å². The van der Waals surface area contributed by atoms with Crippen LogP contribution >= 0.6 is 0 Å². The zero-order valence-corrected chi connectivity index (χ0v) is 20.1. The summed E-state index contributed by atoms with van der Waals surface area (Å²) < 4.78 is 12.5. The predicted octanol–water partition coefficient (Wildman–Crippen LogP) is 5.96. The second-order valence-electron chi connectivity index (χ2n) is 9.06. The molecule has 5 aromatic carbocycles. The van der Waals surface area contributed by atoms with Crippen molar-refractivity contribution in [1.29, 1.82) is 0 Å². The van der Waals surface area contributed by atoms with Gasteiger partial charge in [0, 0.05) is 34.4 Å². The first-order valence-electron chi connectivity index (χ1n) is 12.3. The summed E-state index contributed by atoms with van der Waals surface area (Å²) in [7, 11) is 0. The van der Waals surface area contributed by atoms with Gasteiger partial charge in [0.2, 0.25) is 0 Å². The lowest BCUT2D eigenvalue weighted by Crippen LogP contribution is -2.21. The van der Waals surface area contributed by atoms with Crippen molar-refractivity contribution in [2.75, 3.05) is 13.2 Å². The van der Waals surface area contributed by atoms with Crippen LogP contribution in [0.3, 0.4) is 0 Å². The Labute approximate surface area is 211 Å². The van der Waals surface area contributed by atoms with Crippen LogP contribution in [0.2, 0.25) is 0 Å². The van der Waals surface area contributed by atoms with Gasteiger partial charge < -0.3 is 19.7 Å². The monoisotopic (exact) mass is 478 g/mol. The number of hydrogen-bond acceptors (Lipinski definition) is 4. The molecule has 2 unspecified atom stereocenters. The van der Waals surface area contributed by atoms with E-state index in [1.54, 1.807) is 0 Å². The van der Waals surface area contributed by atoms with E-state index >= 15 is 0 Å². The quantitative estimate of drug-likeness (QED) is 0.243. The minimum atomic E-state index is -0.631. The fraction of sp³-hybridized carbons (Fsp3) is 0.188. The summed E-state index contributed by atoms with van der Waals surface area (Å²) in [5.74, 6) is 1.45. The first-order chi connectivity index (χ1) is 17.7. The van der Waals surface area contributed by atoms with Gasteiger partial charge in [0.25, 0.3) is 0 Å². The zero-order chi connectivity index (χ0) is 24.7. The molecular weight excluding hydrogens is 448 g/mol. The Bertz CT molecular complexity index is 1250. The maximum Gasteiger partial charge on any atom is 0.135 e. The summed E-state index contributed by atoms with van der Waals surface area (Å²) in [5, 5.41) is 25.0. The number of hydrogen-bond donors (Lipinski definition) is 2. The SMILES string of the molecule is OC(COc1c2ccccc2c(OCC(O)Cc2ccccc2)c2ccccc12)Cc1ccccc1. The highest BCUT2D eigenvalue weighted by molar-refractivity contribution is 6.11. The molecule has 0 radical (unpaired) electrons. The summed E-state index contributed by atoms with van der Waals surface area (Å²) in [5.41, 5.74) is 2.14. The van der Waals surface area contributed by atoms with Gasteiger partial charge in [-0.25, -0.2) is 0 Å². The Kier molecular flexibility index (Phi) is 7.46. The van der Waals surface area contributed by atoms with Crippen molar-refractivity contribution in [3.63, 3.8) is 0 Å². The smallest absolute Gasteiger partial charge is 0.135 e. The van der Waals surface area contributed by atoms with Crippen molar-refractivity contribution in [2.45, 2.75) is 25.0 Å². The normalized spacial score (nSPS) is 12.9. The summed E-state index contributed by atoms with van der Waals surface area (Å²) in [6.45, 7) is 0.359. The van der Waals surface area contributed by atoms with Crippen molar-refractivity contribution < 1.29 is 19.7 Å². The number of aliphatic hydroxyl groups is 2. The Morgan fingerprint density at radius 2 is 0.750 bits per heavy atom. The first kappa shape index (κ1) is 23.9. The van der Waals surface area contributed by atoms with Crippen LogP contribution in [0.1, 0.15) is 11.1 Å². The van der Waals surface area contributed by atoms with Crippen LogP contribution in [0.15, 0.2) is 109 Å². The highest BCUT2D eigenvalue weighted by atomic mass is 16.5. The van der Waals surface area contributed by atoms with E-state index in [-0.39, 0.29) is 13.2 Å².